The summed E-state index contributed by atoms with van der Waals surface area (Å²) in [5.74, 6) is 0.0419. The van der Waals surface area contributed by atoms with Crippen molar-refractivity contribution in [1.82, 2.24) is 25.6 Å². The minimum Gasteiger partial charge on any atom is -0.357 e. The maximum atomic E-state index is 11.9. The van der Waals surface area contributed by atoms with E-state index in [2.05, 4.69) is 30.9 Å². The molecule has 0 aromatic carbocycles. The molecule has 0 aliphatic rings. The Balaban J connectivity index is 2.04. The van der Waals surface area contributed by atoms with Gasteiger partial charge in [0.25, 0.3) is 0 Å². The van der Waals surface area contributed by atoms with E-state index in [1.54, 1.807) is 12.3 Å². The van der Waals surface area contributed by atoms with Crippen molar-refractivity contribution in [1.29, 1.82) is 0 Å². The first-order chi connectivity index (χ1) is 10.0. The largest absolute Gasteiger partial charge is 0.357 e. The Labute approximate surface area is 121 Å². The maximum absolute atomic E-state index is 11.9. The molecule has 0 radical (unpaired) electrons. The fraction of sp³-hybridized carbons (Fsp3) is 0.385. The summed E-state index contributed by atoms with van der Waals surface area (Å²) < 4.78 is 0. The van der Waals surface area contributed by atoms with Crippen molar-refractivity contribution in [2.24, 2.45) is 5.92 Å². The molecule has 112 valence electrons. The van der Waals surface area contributed by atoms with Crippen molar-refractivity contribution in [2.45, 2.75) is 19.9 Å². The van der Waals surface area contributed by atoms with E-state index in [-0.39, 0.29) is 11.8 Å². The van der Waals surface area contributed by atoms with Gasteiger partial charge in [-0.2, -0.15) is 0 Å². The minimum absolute atomic E-state index is 0.0334. The first kappa shape index (κ1) is 14.8. The van der Waals surface area contributed by atoms with Gasteiger partial charge < -0.3 is 15.6 Å². The van der Waals surface area contributed by atoms with Gasteiger partial charge in [-0.05, 0) is 12.0 Å². The van der Waals surface area contributed by atoms with Gasteiger partial charge >= 0.3 is 6.03 Å². The highest BCUT2D eigenvalue weighted by atomic mass is 16.2. The zero-order chi connectivity index (χ0) is 15.4. The summed E-state index contributed by atoms with van der Waals surface area (Å²) in [4.78, 5) is 34.9. The summed E-state index contributed by atoms with van der Waals surface area (Å²) in [6.07, 6.45) is 3.16. The van der Waals surface area contributed by atoms with E-state index in [4.69, 9.17) is 0 Å². The van der Waals surface area contributed by atoms with Crippen molar-refractivity contribution in [2.75, 3.05) is 12.4 Å². The quantitative estimate of drug-likeness (QED) is 0.668. The number of hydrogen-bond donors (Lipinski definition) is 4. The van der Waals surface area contributed by atoms with Gasteiger partial charge in [-0.25, -0.2) is 14.8 Å². The third kappa shape index (κ3) is 3.47. The number of likely N-dealkylation sites (N-methyl/N-ethyl adjacent to an activating group) is 1. The van der Waals surface area contributed by atoms with Gasteiger partial charge in [0.15, 0.2) is 11.5 Å². The fourth-order valence-corrected chi connectivity index (χ4v) is 1.87. The van der Waals surface area contributed by atoms with Crippen LogP contribution in [0.3, 0.4) is 0 Å². The zero-order valence-corrected chi connectivity index (χ0v) is 12.1. The molecule has 0 aliphatic carbocycles. The molecule has 0 spiro atoms. The molecule has 0 saturated heterocycles. The molecule has 0 bridgehead atoms. The summed E-state index contributed by atoms with van der Waals surface area (Å²) in [7, 11) is 1.53. The standard InChI is InChI=1S/C13H18N6O2/c1-7(2)10(12(20)14-3)19-13(21)18-9-6-16-11-8(17-9)4-5-15-11/h4-7,10H,1-3H3,(H,14,20)(H,15,16)(H2,17,18,19,21). The lowest BCUT2D eigenvalue weighted by atomic mass is 10.0. The van der Waals surface area contributed by atoms with E-state index in [0.29, 0.717) is 17.0 Å². The lowest BCUT2D eigenvalue weighted by molar-refractivity contribution is -0.123. The van der Waals surface area contributed by atoms with E-state index < -0.39 is 12.1 Å². The number of anilines is 1. The molecule has 2 rings (SSSR count). The number of aromatic nitrogens is 3. The number of aromatic amines is 1. The first-order valence-corrected chi connectivity index (χ1v) is 6.60. The number of rotatable bonds is 4. The van der Waals surface area contributed by atoms with Crippen molar-refractivity contribution in [3.05, 3.63) is 18.5 Å². The first-order valence-electron chi connectivity index (χ1n) is 6.60. The highest BCUT2D eigenvalue weighted by Gasteiger charge is 2.23. The predicted octanol–water partition coefficient (Wildman–Crippen LogP) is 0.850. The Bertz CT molecular complexity index is 651. The number of fused-ring (bicyclic) bond motifs is 1. The van der Waals surface area contributed by atoms with Crippen LogP contribution in [0.15, 0.2) is 18.5 Å². The second-order valence-corrected chi connectivity index (χ2v) is 4.90. The lowest BCUT2D eigenvalue weighted by Crippen LogP contribution is -2.50. The number of urea groups is 1. The van der Waals surface area contributed by atoms with Gasteiger partial charge in [-0.15, -0.1) is 0 Å². The number of hydrogen-bond acceptors (Lipinski definition) is 4. The Kier molecular flexibility index (Phi) is 4.36. The third-order valence-corrected chi connectivity index (χ3v) is 2.98. The molecule has 2 aromatic rings. The molecule has 2 aromatic heterocycles. The monoisotopic (exact) mass is 290 g/mol. The second kappa shape index (κ2) is 6.21. The summed E-state index contributed by atoms with van der Waals surface area (Å²) >= 11 is 0. The topological polar surface area (TPSA) is 112 Å². The summed E-state index contributed by atoms with van der Waals surface area (Å²) in [5, 5.41) is 7.71. The maximum Gasteiger partial charge on any atom is 0.321 e. The molecule has 8 heteroatoms. The van der Waals surface area contributed by atoms with Gasteiger partial charge in [0.2, 0.25) is 5.91 Å². The van der Waals surface area contributed by atoms with E-state index in [1.165, 1.54) is 13.2 Å². The SMILES string of the molecule is CNC(=O)C(NC(=O)Nc1cnc2[nH]ccc2n1)C(C)C. The van der Waals surface area contributed by atoms with Crippen LogP contribution in [0, 0.1) is 5.92 Å². The van der Waals surface area contributed by atoms with Crippen molar-refractivity contribution in [3.63, 3.8) is 0 Å². The summed E-state index contributed by atoms with van der Waals surface area (Å²) in [6, 6.07) is 0.646. The highest BCUT2D eigenvalue weighted by molar-refractivity contribution is 5.93. The van der Waals surface area contributed by atoms with E-state index in [9.17, 15) is 9.59 Å². The van der Waals surface area contributed by atoms with Crippen molar-refractivity contribution >= 4 is 28.9 Å². The highest BCUT2D eigenvalue weighted by Crippen LogP contribution is 2.10. The van der Waals surface area contributed by atoms with Gasteiger partial charge in [-0.3, -0.25) is 10.1 Å². The van der Waals surface area contributed by atoms with Crippen molar-refractivity contribution < 1.29 is 9.59 Å². The predicted molar refractivity (Wildman–Crippen MR) is 78.7 cm³/mol. The molecular formula is C13H18N6O2. The molecule has 0 aliphatic heterocycles. The lowest BCUT2D eigenvalue weighted by Gasteiger charge is -2.20. The number of H-pyrrole nitrogens is 1. The number of nitrogens with zero attached hydrogens (tertiary/aromatic N) is 2. The molecule has 1 unspecified atom stereocenters. The molecule has 8 nitrogen and oxygen atoms in total. The van der Waals surface area contributed by atoms with Gasteiger partial charge in [0.05, 0.1) is 6.20 Å². The van der Waals surface area contributed by atoms with Gasteiger partial charge in [-0.1, -0.05) is 13.8 Å². The van der Waals surface area contributed by atoms with Crippen LogP contribution in [0.4, 0.5) is 10.6 Å². The van der Waals surface area contributed by atoms with Crippen LogP contribution < -0.4 is 16.0 Å². The normalized spacial score (nSPS) is 12.2. The van der Waals surface area contributed by atoms with Gasteiger partial charge in [0.1, 0.15) is 11.6 Å². The van der Waals surface area contributed by atoms with Crippen LogP contribution in [-0.4, -0.2) is 40.0 Å². The minimum atomic E-state index is -0.612. The number of nitrogens with one attached hydrogen (secondary N) is 4. The van der Waals surface area contributed by atoms with Crippen LogP contribution in [0.25, 0.3) is 11.2 Å². The van der Waals surface area contributed by atoms with E-state index >= 15 is 0 Å². The fourth-order valence-electron chi connectivity index (χ4n) is 1.87. The number of carbonyl (C=O) groups is 2. The molecule has 0 saturated carbocycles. The molecule has 21 heavy (non-hydrogen) atoms. The van der Waals surface area contributed by atoms with Crippen LogP contribution in [-0.2, 0) is 4.79 Å². The molecular weight excluding hydrogens is 272 g/mol. The van der Waals surface area contributed by atoms with Gasteiger partial charge in [0, 0.05) is 13.2 Å². The average molecular weight is 290 g/mol. The van der Waals surface area contributed by atoms with Crippen LogP contribution in [0.1, 0.15) is 13.8 Å². The Hall–Kier alpha value is -2.64. The number of amides is 3. The summed E-state index contributed by atoms with van der Waals surface area (Å²) in [6.45, 7) is 3.71. The molecule has 2 heterocycles. The van der Waals surface area contributed by atoms with Crippen molar-refractivity contribution in [3.8, 4) is 0 Å². The Morgan fingerprint density at radius 1 is 1.33 bits per heavy atom. The zero-order valence-electron chi connectivity index (χ0n) is 12.1. The third-order valence-electron chi connectivity index (χ3n) is 2.98. The van der Waals surface area contributed by atoms with E-state index in [1.807, 2.05) is 13.8 Å². The van der Waals surface area contributed by atoms with Crippen LogP contribution in [0.2, 0.25) is 0 Å². The molecule has 0 fully saturated rings. The molecule has 3 amide bonds. The smallest absolute Gasteiger partial charge is 0.321 e. The Morgan fingerprint density at radius 2 is 2.10 bits per heavy atom. The second-order valence-electron chi connectivity index (χ2n) is 4.90. The number of carbonyl (C=O) groups excluding carboxylic acids is 2. The summed E-state index contributed by atoms with van der Waals surface area (Å²) in [5.41, 5.74) is 1.30. The average Bonchev–Trinajstić information content (AvgIpc) is 2.91. The van der Waals surface area contributed by atoms with Crippen LogP contribution >= 0.6 is 0 Å². The Morgan fingerprint density at radius 3 is 2.76 bits per heavy atom. The molecule has 1 atom stereocenters. The van der Waals surface area contributed by atoms with Crippen LogP contribution in [0.5, 0.6) is 0 Å². The van der Waals surface area contributed by atoms with E-state index in [0.717, 1.165) is 0 Å². The molecule has 4 N–H and O–H groups in total.